The predicted octanol–water partition coefficient (Wildman–Crippen LogP) is 4.42. The normalized spacial score (nSPS) is 10.6. The van der Waals surface area contributed by atoms with Gasteiger partial charge in [-0.25, -0.2) is 0 Å². The summed E-state index contributed by atoms with van der Waals surface area (Å²) in [5.74, 6) is 1.10. The van der Waals surface area contributed by atoms with Crippen LogP contribution in [-0.4, -0.2) is 16.7 Å². The van der Waals surface area contributed by atoms with Crippen LogP contribution in [0.2, 0.25) is 5.02 Å². The summed E-state index contributed by atoms with van der Waals surface area (Å²) in [6.45, 7) is 3.55. The van der Waals surface area contributed by atoms with Gasteiger partial charge in [-0.15, -0.1) is 10.2 Å². The van der Waals surface area contributed by atoms with Crippen LogP contribution >= 0.6 is 11.6 Å². The van der Waals surface area contributed by atoms with Gasteiger partial charge in [0.05, 0.1) is 6.54 Å². The summed E-state index contributed by atoms with van der Waals surface area (Å²) in [7, 11) is 0. The summed E-state index contributed by atoms with van der Waals surface area (Å²) >= 11 is 5.89. The molecule has 0 radical (unpaired) electrons. The number of aromatic nitrogens is 2. The van der Waals surface area contributed by atoms with Crippen LogP contribution in [0.3, 0.4) is 0 Å². The van der Waals surface area contributed by atoms with Gasteiger partial charge >= 0.3 is 0 Å². The van der Waals surface area contributed by atoms with E-state index in [2.05, 4.69) is 34.2 Å². The summed E-state index contributed by atoms with van der Waals surface area (Å²) in [5, 5.41) is 8.93. The van der Waals surface area contributed by atoms with E-state index in [0.717, 1.165) is 17.8 Å². The molecule has 0 saturated heterocycles. The first kappa shape index (κ1) is 14.6. The molecule has 1 aromatic heterocycles. The molecule has 3 rings (SSSR count). The van der Waals surface area contributed by atoms with Crippen molar-refractivity contribution in [3.05, 3.63) is 65.5 Å². The molecule has 5 heteroatoms. The summed E-state index contributed by atoms with van der Waals surface area (Å²) < 4.78 is 5.76. The Balaban J connectivity index is 1.77. The third-order valence-corrected chi connectivity index (χ3v) is 3.64. The van der Waals surface area contributed by atoms with Gasteiger partial charge in [-0.1, -0.05) is 29.8 Å². The Kier molecular flexibility index (Phi) is 4.39. The fraction of sp³-hybridized carbons (Fsp3) is 0.176. The van der Waals surface area contributed by atoms with Crippen LogP contribution in [0.25, 0.3) is 11.5 Å². The maximum absolute atomic E-state index is 5.89. The second-order valence-corrected chi connectivity index (χ2v) is 5.29. The van der Waals surface area contributed by atoms with Crippen molar-refractivity contribution >= 4 is 17.3 Å². The average molecular weight is 314 g/mol. The molecule has 0 N–H and O–H groups in total. The van der Waals surface area contributed by atoms with Gasteiger partial charge in [-0.05, 0) is 43.3 Å². The molecule has 22 heavy (non-hydrogen) atoms. The maximum Gasteiger partial charge on any atom is 0.247 e. The SMILES string of the molecule is CCN(Cc1nnc(-c2ccc(Cl)cc2)o1)c1ccccc1. The number of anilines is 1. The number of benzene rings is 2. The van der Waals surface area contributed by atoms with Crippen molar-refractivity contribution < 1.29 is 4.42 Å². The first-order chi connectivity index (χ1) is 10.8. The molecule has 2 aromatic carbocycles. The Hall–Kier alpha value is -2.33. The van der Waals surface area contributed by atoms with E-state index in [4.69, 9.17) is 16.0 Å². The molecule has 112 valence electrons. The minimum absolute atomic E-state index is 0.510. The van der Waals surface area contributed by atoms with E-state index in [1.54, 1.807) is 0 Å². The Labute approximate surface area is 134 Å². The Morgan fingerprint density at radius 3 is 2.41 bits per heavy atom. The Morgan fingerprint density at radius 1 is 1.00 bits per heavy atom. The van der Waals surface area contributed by atoms with Crippen molar-refractivity contribution in [1.29, 1.82) is 0 Å². The quantitative estimate of drug-likeness (QED) is 0.699. The molecule has 0 spiro atoms. The van der Waals surface area contributed by atoms with E-state index in [-0.39, 0.29) is 0 Å². The minimum atomic E-state index is 0.510. The molecule has 0 saturated carbocycles. The Bertz CT molecular complexity index is 725. The third kappa shape index (κ3) is 3.28. The number of para-hydroxylation sites is 1. The molecule has 3 aromatic rings. The molecule has 0 amide bonds. The van der Waals surface area contributed by atoms with E-state index >= 15 is 0 Å². The van der Waals surface area contributed by atoms with Crippen molar-refractivity contribution in [1.82, 2.24) is 10.2 Å². The van der Waals surface area contributed by atoms with Crippen LogP contribution in [-0.2, 0) is 6.54 Å². The van der Waals surface area contributed by atoms with Gasteiger partial charge in [0.15, 0.2) is 0 Å². The summed E-state index contributed by atoms with van der Waals surface area (Å²) in [5.41, 5.74) is 2.00. The molecule has 0 aliphatic heterocycles. The van der Waals surface area contributed by atoms with Gasteiger partial charge in [0.25, 0.3) is 0 Å². The second-order valence-electron chi connectivity index (χ2n) is 4.86. The highest BCUT2D eigenvalue weighted by molar-refractivity contribution is 6.30. The van der Waals surface area contributed by atoms with Crippen LogP contribution in [0.5, 0.6) is 0 Å². The van der Waals surface area contributed by atoms with Gasteiger partial charge in [0, 0.05) is 22.8 Å². The van der Waals surface area contributed by atoms with Crippen molar-refractivity contribution in [3.8, 4) is 11.5 Å². The molecule has 0 aliphatic rings. The first-order valence-electron chi connectivity index (χ1n) is 7.14. The third-order valence-electron chi connectivity index (χ3n) is 3.39. The zero-order valence-electron chi connectivity index (χ0n) is 12.2. The predicted molar refractivity (Wildman–Crippen MR) is 87.9 cm³/mol. The highest BCUT2D eigenvalue weighted by Gasteiger charge is 2.12. The van der Waals surface area contributed by atoms with Crippen LogP contribution in [0, 0.1) is 0 Å². The van der Waals surface area contributed by atoms with Crippen molar-refractivity contribution in [2.45, 2.75) is 13.5 Å². The number of hydrogen-bond acceptors (Lipinski definition) is 4. The molecular weight excluding hydrogens is 298 g/mol. The highest BCUT2D eigenvalue weighted by atomic mass is 35.5. The molecule has 0 atom stereocenters. The van der Waals surface area contributed by atoms with Crippen molar-refractivity contribution in [2.75, 3.05) is 11.4 Å². The number of hydrogen-bond donors (Lipinski definition) is 0. The van der Waals surface area contributed by atoms with Crippen LogP contribution in [0.4, 0.5) is 5.69 Å². The van der Waals surface area contributed by atoms with Gasteiger partial charge < -0.3 is 9.32 Å². The second kappa shape index (κ2) is 6.62. The zero-order valence-corrected chi connectivity index (χ0v) is 13.0. The van der Waals surface area contributed by atoms with Crippen LogP contribution in [0.15, 0.2) is 59.0 Å². The standard InChI is InChI=1S/C17H16ClN3O/c1-2-21(15-6-4-3-5-7-15)12-16-19-20-17(22-16)13-8-10-14(18)11-9-13/h3-11H,2,12H2,1H3. The molecule has 4 nitrogen and oxygen atoms in total. The average Bonchev–Trinajstić information content (AvgIpc) is 3.03. The summed E-state index contributed by atoms with van der Waals surface area (Å²) in [6.07, 6.45) is 0. The number of nitrogens with zero attached hydrogens (tertiary/aromatic N) is 3. The van der Waals surface area contributed by atoms with Gasteiger partial charge in [-0.3, -0.25) is 0 Å². The molecule has 0 bridgehead atoms. The lowest BCUT2D eigenvalue weighted by atomic mass is 10.2. The fourth-order valence-electron chi connectivity index (χ4n) is 2.21. The van der Waals surface area contributed by atoms with E-state index in [9.17, 15) is 0 Å². The molecule has 0 aliphatic carbocycles. The monoisotopic (exact) mass is 313 g/mol. The van der Waals surface area contributed by atoms with E-state index in [0.29, 0.717) is 23.3 Å². The van der Waals surface area contributed by atoms with Gasteiger partial charge in [0.2, 0.25) is 11.8 Å². The largest absolute Gasteiger partial charge is 0.419 e. The zero-order chi connectivity index (χ0) is 15.4. The number of halogens is 1. The van der Waals surface area contributed by atoms with E-state index in [1.165, 1.54) is 0 Å². The van der Waals surface area contributed by atoms with Crippen molar-refractivity contribution in [3.63, 3.8) is 0 Å². The number of rotatable bonds is 5. The maximum atomic E-state index is 5.89. The van der Waals surface area contributed by atoms with Gasteiger partial charge in [-0.2, -0.15) is 0 Å². The first-order valence-corrected chi connectivity index (χ1v) is 7.52. The lowest BCUT2D eigenvalue weighted by molar-refractivity contribution is 0.499. The van der Waals surface area contributed by atoms with Gasteiger partial charge in [0.1, 0.15) is 0 Å². The smallest absolute Gasteiger partial charge is 0.247 e. The summed E-state index contributed by atoms with van der Waals surface area (Å²) in [6, 6.07) is 17.5. The lowest BCUT2D eigenvalue weighted by Gasteiger charge is -2.20. The highest BCUT2D eigenvalue weighted by Crippen LogP contribution is 2.22. The molecule has 0 fully saturated rings. The van der Waals surface area contributed by atoms with E-state index in [1.807, 2.05) is 42.5 Å². The molecule has 0 unspecified atom stereocenters. The topological polar surface area (TPSA) is 42.2 Å². The van der Waals surface area contributed by atoms with Crippen molar-refractivity contribution in [2.24, 2.45) is 0 Å². The lowest BCUT2D eigenvalue weighted by Crippen LogP contribution is -2.22. The van der Waals surface area contributed by atoms with E-state index < -0.39 is 0 Å². The molecule has 1 heterocycles. The molecular formula is C17H16ClN3O. The van der Waals surface area contributed by atoms with Crippen LogP contribution < -0.4 is 4.90 Å². The fourth-order valence-corrected chi connectivity index (χ4v) is 2.34. The van der Waals surface area contributed by atoms with Crippen LogP contribution in [0.1, 0.15) is 12.8 Å². The minimum Gasteiger partial charge on any atom is -0.419 e. The summed E-state index contributed by atoms with van der Waals surface area (Å²) in [4.78, 5) is 2.18. The Morgan fingerprint density at radius 2 is 1.73 bits per heavy atom.